The molecule has 1 aromatic carbocycles. The van der Waals surface area contributed by atoms with Gasteiger partial charge >= 0.3 is 5.97 Å². The van der Waals surface area contributed by atoms with E-state index in [4.69, 9.17) is 14.7 Å². The second kappa shape index (κ2) is 5.56. The van der Waals surface area contributed by atoms with Gasteiger partial charge in [0.25, 0.3) is 0 Å². The fourth-order valence-corrected chi connectivity index (χ4v) is 1.65. The highest BCUT2D eigenvalue weighted by Gasteiger charge is 2.27. The molecule has 98 valence electrons. The third-order valence-corrected chi connectivity index (χ3v) is 2.44. The molecule has 0 aliphatic carbocycles. The maximum atomic E-state index is 11.5. The van der Waals surface area contributed by atoms with Crippen molar-refractivity contribution >= 4 is 17.3 Å². The molecule has 18 heavy (non-hydrogen) atoms. The molecule has 0 fully saturated rings. The Hall–Kier alpha value is -1.99. The van der Waals surface area contributed by atoms with Gasteiger partial charge in [0.2, 0.25) is 6.10 Å². The normalized spacial score (nSPS) is 17.1. The molecule has 1 atom stereocenters. The number of carbonyl (C=O) groups excluding carboxylic acids is 1. The van der Waals surface area contributed by atoms with Crippen molar-refractivity contribution in [3.63, 3.8) is 0 Å². The number of carbonyl (C=O) groups is 1. The molecule has 0 amide bonds. The van der Waals surface area contributed by atoms with E-state index in [0.717, 1.165) is 0 Å². The van der Waals surface area contributed by atoms with E-state index in [1.165, 1.54) is 0 Å². The second-order valence-electron chi connectivity index (χ2n) is 3.64. The molecule has 7 nitrogen and oxygen atoms in total. The van der Waals surface area contributed by atoms with E-state index in [0.29, 0.717) is 30.3 Å². The lowest BCUT2D eigenvalue weighted by Crippen LogP contribution is -2.38. The first-order valence-corrected chi connectivity index (χ1v) is 5.52. The van der Waals surface area contributed by atoms with Crippen LogP contribution in [-0.4, -0.2) is 30.5 Å². The molecular weight excluding hydrogens is 240 g/mol. The van der Waals surface area contributed by atoms with Crippen molar-refractivity contribution in [1.82, 2.24) is 0 Å². The van der Waals surface area contributed by atoms with E-state index >= 15 is 0 Å². The minimum Gasteiger partial charge on any atom is -0.475 e. The van der Waals surface area contributed by atoms with Crippen LogP contribution in [0.15, 0.2) is 18.2 Å². The van der Waals surface area contributed by atoms with Gasteiger partial charge in [-0.3, -0.25) is 0 Å². The van der Waals surface area contributed by atoms with Crippen LogP contribution in [0.4, 0.5) is 11.4 Å². The van der Waals surface area contributed by atoms with Crippen molar-refractivity contribution in [1.29, 1.82) is 0 Å². The van der Waals surface area contributed by atoms with Crippen LogP contribution >= 0.6 is 0 Å². The van der Waals surface area contributed by atoms with Gasteiger partial charge in [-0.2, -0.15) is 0 Å². The highest BCUT2D eigenvalue weighted by molar-refractivity contribution is 5.78. The van der Waals surface area contributed by atoms with Crippen LogP contribution in [0, 0.1) is 0 Å². The van der Waals surface area contributed by atoms with E-state index in [2.05, 4.69) is 15.8 Å². The van der Waals surface area contributed by atoms with Crippen LogP contribution in [0.3, 0.4) is 0 Å². The quantitative estimate of drug-likeness (QED) is 0.423. The maximum Gasteiger partial charge on any atom is 0.349 e. The van der Waals surface area contributed by atoms with Crippen LogP contribution in [0.1, 0.15) is 6.92 Å². The van der Waals surface area contributed by atoms with E-state index in [-0.39, 0.29) is 0 Å². The monoisotopic (exact) mass is 254 g/mol. The Bertz CT molecular complexity index is 437. The Labute approximate surface area is 104 Å². The molecule has 7 heteroatoms. The number of anilines is 2. The molecule has 1 unspecified atom stereocenters. The molecule has 1 aliphatic heterocycles. The molecule has 1 aliphatic rings. The first-order valence-electron chi connectivity index (χ1n) is 5.52. The minimum absolute atomic E-state index is 0.322. The minimum atomic E-state index is -0.648. The molecule has 1 aromatic rings. The summed E-state index contributed by atoms with van der Waals surface area (Å²) in [6.45, 7) is 2.40. The van der Waals surface area contributed by atoms with Crippen LogP contribution in [0.5, 0.6) is 5.75 Å². The third kappa shape index (κ3) is 2.63. The van der Waals surface area contributed by atoms with Crippen molar-refractivity contribution in [2.24, 2.45) is 0 Å². The van der Waals surface area contributed by atoms with Gasteiger partial charge in [-0.1, -0.05) is 0 Å². The average Bonchev–Trinajstić information content (AvgIpc) is 2.39. The summed E-state index contributed by atoms with van der Waals surface area (Å²) in [5.74, 6) is 0.152. The van der Waals surface area contributed by atoms with Gasteiger partial charge in [-0.25, -0.2) is 15.5 Å². The van der Waals surface area contributed by atoms with Crippen LogP contribution in [0.2, 0.25) is 0 Å². The third-order valence-electron chi connectivity index (χ3n) is 2.44. The summed E-state index contributed by atoms with van der Waals surface area (Å²) < 4.78 is 10.4. The summed E-state index contributed by atoms with van der Waals surface area (Å²) >= 11 is 0. The van der Waals surface area contributed by atoms with Gasteiger partial charge in [0.05, 0.1) is 24.5 Å². The number of nitrogens with one attached hydrogen (secondary N) is 2. The topological polar surface area (TPSA) is 89.1 Å². The lowest BCUT2D eigenvalue weighted by molar-refractivity contribution is -0.215. The Kier molecular flexibility index (Phi) is 3.85. The highest BCUT2D eigenvalue weighted by Crippen LogP contribution is 2.31. The van der Waals surface area contributed by atoms with Crippen LogP contribution < -0.4 is 15.5 Å². The zero-order valence-electron chi connectivity index (χ0n) is 9.80. The van der Waals surface area contributed by atoms with Crippen LogP contribution in [-0.2, 0) is 14.5 Å². The highest BCUT2D eigenvalue weighted by atomic mass is 17.2. The van der Waals surface area contributed by atoms with Crippen molar-refractivity contribution in [2.45, 2.75) is 13.0 Å². The molecule has 3 N–H and O–H groups in total. The zero-order valence-corrected chi connectivity index (χ0v) is 9.80. The molecule has 0 bridgehead atoms. The largest absolute Gasteiger partial charge is 0.475 e. The van der Waals surface area contributed by atoms with Crippen molar-refractivity contribution in [3.05, 3.63) is 18.2 Å². The van der Waals surface area contributed by atoms with Gasteiger partial charge in [-0.05, 0) is 25.1 Å². The van der Waals surface area contributed by atoms with E-state index in [9.17, 15) is 4.79 Å². The summed E-state index contributed by atoms with van der Waals surface area (Å²) in [5.41, 5.74) is 3.54. The Morgan fingerprint density at radius 1 is 1.67 bits per heavy atom. The zero-order chi connectivity index (χ0) is 13.0. The number of fused-ring (bicyclic) bond motifs is 1. The number of ether oxygens (including phenoxy) is 2. The second-order valence-corrected chi connectivity index (χ2v) is 3.64. The number of esters is 1. The summed E-state index contributed by atoms with van der Waals surface area (Å²) in [6, 6.07) is 4.99. The number of hydrogen-bond donors (Lipinski definition) is 3. The molecular formula is C11H14N2O5. The van der Waals surface area contributed by atoms with Crippen molar-refractivity contribution in [2.75, 3.05) is 23.9 Å². The first kappa shape index (κ1) is 12.5. The van der Waals surface area contributed by atoms with Gasteiger partial charge in [0.15, 0.2) is 0 Å². The Balaban J connectivity index is 2.08. The fourth-order valence-electron chi connectivity index (χ4n) is 1.65. The molecule has 1 heterocycles. The van der Waals surface area contributed by atoms with Crippen LogP contribution in [0.25, 0.3) is 0 Å². The maximum absolute atomic E-state index is 11.5. The fraction of sp³-hybridized carbons (Fsp3) is 0.364. The Morgan fingerprint density at radius 3 is 3.22 bits per heavy atom. The van der Waals surface area contributed by atoms with E-state index in [1.54, 1.807) is 25.1 Å². The smallest absolute Gasteiger partial charge is 0.349 e. The number of rotatable bonds is 4. The van der Waals surface area contributed by atoms with E-state index in [1.807, 2.05) is 0 Å². The summed E-state index contributed by atoms with van der Waals surface area (Å²) in [6.07, 6.45) is -0.648. The standard InChI is InChI=1S/C11H14N2O5/c1-2-16-11(14)10-6-12-8-5-7(13-18-15)3-4-9(8)17-10/h3-5,10,12-13,15H,2,6H2,1H3. The van der Waals surface area contributed by atoms with Gasteiger partial charge in [0.1, 0.15) is 5.75 Å². The Morgan fingerprint density at radius 2 is 2.50 bits per heavy atom. The van der Waals surface area contributed by atoms with Gasteiger partial charge in [0, 0.05) is 0 Å². The molecule has 0 saturated heterocycles. The first-order chi connectivity index (χ1) is 8.74. The lowest BCUT2D eigenvalue weighted by atomic mass is 10.2. The number of benzene rings is 1. The predicted octanol–water partition coefficient (Wildman–Crippen LogP) is 1.24. The summed E-state index contributed by atoms with van der Waals surface area (Å²) in [7, 11) is 0. The molecule has 0 aromatic heterocycles. The lowest BCUT2D eigenvalue weighted by Gasteiger charge is -2.26. The SMILES string of the molecule is CCOC(=O)C1CNc2cc(NOO)ccc2O1. The molecule has 0 spiro atoms. The molecule has 0 saturated carbocycles. The molecule has 2 rings (SSSR count). The average molecular weight is 254 g/mol. The van der Waals surface area contributed by atoms with Gasteiger partial charge in [-0.15, -0.1) is 4.99 Å². The number of hydrogen-bond acceptors (Lipinski definition) is 7. The van der Waals surface area contributed by atoms with Gasteiger partial charge < -0.3 is 14.8 Å². The molecule has 0 radical (unpaired) electrons. The summed E-state index contributed by atoms with van der Waals surface area (Å²) in [5, 5.41) is 11.3. The van der Waals surface area contributed by atoms with Crippen molar-refractivity contribution in [3.8, 4) is 5.75 Å². The predicted molar refractivity (Wildman–Crippen MR) is 63.3 cm³/mol. The van der Waals surface area contributed by atoms with E-state index < -0.39 is 12.1 Å². The van der Waals surface area contributed by atoms with Crippen molar-refractivity contribution < 1.29 is 24.5 Å². The summed E-state index contributed by atoms with van der Waals surface area (Å²) in [4.78, 5) is 15.3.